The van der Waals surface area contributed by atoms with E-state index in [1.54, 1.807) is 131 Å². The normalized spacial score (nSPS) is 19.8. The van der Waals surface area contributed by atoms with Gasteiger partial charge < -0.3 is 38.2 Å². The number of rotatable bonds is 0. The zero-order valence-corrected chi connectivity index (χ0v) is 46.4. The molecule has 21 heteroatoms. The van der Waals surface area contributed by atoms with Crippen LogP contribution in [0.3, 0.4) is 0 Å². The Morgan fingerprint density at radius 3 is 1.44 bits per heavy atom. The van der Waals surface area contributed by atoms with E-state index in [0.717, 1.165) is 25.7 Å². The van der Waals surface area contributed by atoms with Crippen LogP contribution in [0, 0.1) is 11.8 Å². The number of carbonyl (C=O) groups is 5. The topological polar surface area (TPSA) is 228 Å². The molecule has 10 heterocycles. The number of hydrogen-bond donors (Lipinski definition) is 0. The first-order chi connectivity index (χ1) is 37.2. The fraction of sp³-hybridized carbons (Fsp3) is 0.404. The first kappa shape index (κ1) is 63.7. The van der Waals surface area contributed by atoms with E-state index in [4.69, 9.17) is 0 Å². The summed E-state index contributed by atoms with van der Waals surface area (Å²) in [6.07, 6.45) is 41.1. The molecule has 0 aromatic carbocycles. The minimum absolute atomic E-state index is 0.0278. The molecular formula is C57H76N12O9. The zero-order valence-electron chi connectivity index (χ0n) is 46.4. The molecule has 418 valence electrons. The average Bonchev–Trinajstić information content (AvgIpc) is 3.82. The van der Waals surface area contributed by atoms with Gasteiger partial charge in [0.2, 0.25) is 35.1 Å². The molecule has 21 nitrogen and oxygen atoms in total. The van der Waals surface area contributed by atoms with Gasteiger partial charge in [0, 0.05) is 174 Å². The van der Waals surface area contributed by atoms with Crippen molar-refractivity contribution in [2.75, 3.05) is 48.3 Å². The molecule has 8 aliphatic rings. The number of fused-ring (bicyclic) bond motifs is 5. The van der Waals surface area contributed by atoms with Crippen molar-refractivity contribution in [1.82, 2.24) is 57.9 Å². The summed E-state index contributed by atoms with van der Waals surface area (Å²) in [5.41, 5.74) is -0.146. The number of piperidine rings is 3. The minimum Gasteiger partial charge on any atom is -0.343 e. The number of aryl methyl sites for hydroxylation is 4. The summed E-state index contributed by atoms with van der Waals surface area (Å²) in [5, 5.41) is 3.68. The lowest BCUT2D eigenvalue weighted by Gasteiger charge is -2.42. The molecule has 4 aromatic heterocycles. The summed E-state index contributed by atoms with van der Waals surface area (Å²) in [7, 11) is 15.9. The van der Waals surface area contributed by atoms with E-state index < -0.39 is 0 Å². The third-order valence-corrected chi connectivity index (χ3v) is 13.0. The van der Waals surface area contributed by atoms with E-state index in [9.17, 15) is 43.2 Å². The molecule has 5 amide bonds. The molecule has 2 atom stereocenters. The highest BCUT2D eigenvalue weighted by atomic mass is 16.2. The van der Waals surface area contributed by atoms with Crippen LogP contribution in [0.25, 0.3) is 0 Å². The van der Waals surface area contributed by atoms with Crippen LogP contribution in [-0.4, -0.2) is 148 Å². The van der Waals surface area contributed by atoms with Gasteiger partial charge >= 0.3 is 0 Å². The lowest BCUT2D eigenvalue weighted by molar-refractivity contribution is -0.144. The van der Waals surface area contributed by atoms with E-state index in [-0.39, 0.29) is 40.0 Å². The van der Waals surface area contributed by atoms with Crippen molar-refractivity contribution < 1.29 is 24.0 Å². The summed E-state index contributed by atoms with van der Waals surface area (Å²) in [6, 6.07) is 10.7. The standard InChI is InChI=1S/C8H13NO.C7H11NO.3C7H9NO.C6H7NO.3C5H6N2O/c1-9-7-4-2-6(3-5-7)8(9)10;1-8-6-3-2-5(4-6)7(8)9;3*1-8-6-4-2-3-5-7(8)9;1-7-5-3-2-4-6(7)8;1-7-3-2-6-4-5(7)8;1-7-4-6-3-2-5(7)8;1-7-5(8)3-2-4-6-7/h6-7H,2-5H2,1H3;5-6H,2-4H2,1H3;2-4,6H,5H2,1H3;2*2-5H,6H2,1H3;2-5H,1H3;3*2-4H,1H3. The molecule has 0 radical (unpaired) electrons. The second-order valence-electron chi connectivity index (χ2n) is 18.7. The molecule has 0 spiro atoms. The van der Waals surface area contributed by atoms with Crippen LogP contribution in [0.1, 0.15) is 51.4 Å². The SMILES string of the molecule is CN1C(=O)C2CCC1C2.CN1C(=O)C2CCC1CC2.CN1C=CC=CCC1=O.CN1CC=CC=CC1=O.CN1CC=CC=CC1=O.Cn1ccccc1=O.Cn1ccncc1=O.Cn1cnccc1=O.Cn1ncccc1=O. The molecule has 2 saturated carbocycles. The van der Waals surface area contributed by atoms with E-state index in [2.05, 4.69) is 15.1 Å². The Hall–Kier alpha value is -8.62. The van der Waals surface area contributed by atoms with Crippen LogP contribution in [0.2, 0.25) is 0 Å². The number of nitrogens with zero attached hydrogens (tertiary/aromatic N) is 12. The smallest absolute Gasteiger partial charge is 0.268 e. The molecule has 4 bridgehead atoms. The Morgan fingerprint density at radius 2 is 1.03 bits per heavy atom. The average molecular weight is 1070 g/mol. The second-order valence-corrected chi connectivity index (χ2v) is 18.7. The Bertz CT molecular complexity index is 2740. The van der Waals surface area contributed by atoms with Crippen molar-refractivity contribution in [1.29, 1.82) is 0 Å². The van der Waals surface area contributed by atoms with Gasteiger partial charge in [-0.2, -0.15) is 5.10 Å². The molecule has 12 rings (SSSR count). The maximum Gasteiger partial charge on any atom is 0.268 e. The molecule has 4 aromatic rings. The molecular weight excluding hydrogens is 997 g/mol. The Morgan fingerprint density at radius 1 is 0.474 bits per heavy atom. The molecule has 3 saturated heterocycles. The van der Waals surface area contributed by atoms with Gasteiger partial charge in [-0.25, -0.2) is 9.67 Å². The van der Waals surface area contributed by atoms with Crippen LogP contribution in [0.5, 0.6) is 0 Å². The van der Waals surface area contributed by atoms with Crippen LogP contribution < -0.4 is 22.2 Å². The van der Waals surface area contributed by atoms with Gasteiger partial charge in [0.05, 0.1) is 12.5 Å². The molecule has 0 N–H and O–H groups in total. The number of carbonyl (C=O) groups excluding carboxylic acids is 5. The van der Waals surface area contributed by atoms with Crippen molar-refractivity contribution in [3.8, 4) is 0 Å². The fourth-order valence-electron chi connectivity index (χ4n) is 7.90. The van der Waals surface area contributed by atoms with Crippen molar-refractivity contribution >= 4 is 29.5 Å². The highest BCUT2D eigenvalue weighted by Gasteiger charge is 2.42. The Kier molecular flexibility index (Phi) is 27.9. The predicted octanol–water partition coefficient (Wildman–Crippen LogP) is 3.43. The van der Waals surface area contributed by atoms with E-state index in [1.807, 2.05) is 72.5 Å². The summed E-state index contributed by atoms with van der Waals surface area (Å²) in [6.45, 7) is 1.43. The van der Waals surface area contributed by atoms with Gasteiger partial charge in [0.25, 0.3) is 16.7 Å². The van der Waals surface area contributed by atoms with E-state index in [1.165, 1.54) is 74.6 Å². The lowest BCUT2D eigenvalue weighted by Crippen LogP contribution is -2.49. The van der Waals surface area contributed by atoms with Crippen molar-refractivity contribution in [3.63, 3.8) is 0 Å². The highest BCUT2D eigenvalue weighted by molar-refractivity contribution is 5.88. The summed E-state index contributed by atoms with van der Waals surface area (Å²) < 4.78 is 5.69. The Balaban J connectivity index is 0.000000231. The number of amides is 5. The second kappa shape index (κ2) is 34.1. The van der Waals surface area contributed by atoms with Gasteiger partial charge in [-0.1, -0.05) is 54.7 Å². The van der Waals surface area contributed by atoms with Crippen molar-refractivity contribution in [3.05, 3.63) is 194 Å². The molecule has 6 aliphatic heterocycles. The quantitative estimate of drug-likeness (QED) is 0.247. The summed E-state index contributed by atoms with van der Waals surface area (Å²) >= 11 is 0. The number of pyridine rings is 1. The van der Waals surface area contributed by atoms with Crippen LogP contribution in [-0.2, 0) is 52.2 Å². The molecule has 2 aliphatic carbocycles. The monoisotopic (exact) mass is 1070 g/mol. The number of allylic oxidation sites excluding steroid dienone is 6. The van der Waals surface area contributed by atoms with Gasteiger partial charge in [0.15, 0.2) is 0 Å². The zero-order chi connectivity index (χ0) is 57.6. The molecule has 78 heavy (non-hydrogen) atoms. The highest BCUT2D eigenvalue weighted by Crippen LogP contribution is 2.37. The summed E-state index contributed by atoms with van der Waals surface area (Å²) in [4.78, 5) is 113. The van der Waals surface area contributed by atoms with Gasteiger partial charge in [0.1, 0.15) is 0 Å². The largest absolute Gasteiger partial charge is 0.343 e. The number of aromatic nitrogens is 7. The van der Waals surface area contributed by atoms with Crippen LogP contribution in [0.15, 0.2) is 172 Å². The Labute approximate surface area is 456 Å². The van der Waals surface area contributed by atoms with Crippen molar-refractivity contribution in [2.45, 2.75) is 63.5 Å². The lowest BCUT2D eigenvalue weighted by atomic mass is 9.80. The van der Waals surface area contributed by atoms with E-state index in [0.29, 0.717) is 55.2 Å². The first-order valence-corrected chi connectivity index (χ1v) is 25.5. The maximum atomic E-state index is 11.3. The first-order valence-electron chi connectivity index (χ1n) is 25.5. The minimum atomic E-state index is -0.0764. The van der Waals surface area contributed by atoms with Crippen LogP contribution >= 0.6 is 0 Å². The van der Waals surface area contributed by atoms with E-state index >= 15 is 0 Å². The predicted molar refractivity (Wildman–Crippen MR) is 300 cm³/mol. The third-order valence-electron chi connectivity index (χ3n) is 13.0. The third kappa shape index (κ3) is 22.7. The molecule has 2 unspecified atom stereocenters. The van der Waals surface area contributed by atoms with Gasteiger partial charge in [-0.3, -0.25) is 48.1 Å². The van der Waals surface area contributed by atoms with Crippen molar-refractivity contribution in [2.24, 2.45) is 40.0 Å². The number of likely N-dealkylation sites (N-methyl/N-ethyl adjacent to an activating group) is 2. The van der Waals surface area contributed by atoms with Gasteiger partial charge in [-0.05, 0) is 63.2 Å². The maximum absolute atomic E-state index is 11.3. The summed E-state index contributed by atoms with van der Waals surface area (Å²) in [5.74, 6) is 1.84. The number of likely N-dealkylation sites (tertiary alicyclic amines) is 1. The molecule has 5 fully saturated rings. The fourth-order valence-corrected chi connectivity index (χ4v) is 7.90. The van der Waals surface area contributed by atoms with Crippen LogP contribution in [0.4, 0.5) is 0 Å². The van der Waals surface area contributed by atoms with Gasteiger partial charge in [-0.15, -0.1) is 0 Å². The number of hydrogen-bond acceptors (Lipinski definition) is 12.